The Kier molecular flexibility index (Phi) is 17.5. The molecule has 21 heavy (non-hydrogen) atoms. The Morgan fingerprint density at radius 1 is 0.667 bits per heavy atom. The van der Waals surface area contributed by atoms with E-state index in [0.29, 0.717) is 0 Å². The van der Waals surface area contributed by atoms with Gasteiger partial charge < -0.3 is 5.11 Å². The third-order valence-corrected chi connectivity index (χ3v) is 4.20. The normalized spacial score (nSPS) is 13.1. The molecule has 0 aliphatic carbocycles. The largest absolute Gasteiger partial charge is 0.393 e. The zero-order valence-corrected chi connectivity index (χ0v) is 14.8. The zero-order valence-electron chi connectivity index (χ0n) is 14.8. The summed E-state index contributed by atoms with van der Waals surface area (Å²) in [5, 5.41) is 9.95. The number of hydrogen-bond donors (Lipinski definition) is 1. The van der Waals surface area contributed by atoms with Crippen molar-refractivity contribution in [2.24, 2.45) is 0 Å². The molecule has 0 aromatic heterocycles. The summed E-state index contributed by atoms with van der Waals surface area (Å²) < 4.78 is 0. The van der Waals surface area contributed by atoms with Crippen molar-refractivity contribution in [3.8, 4) is 0 Å². The predicted molar refractivity (Wildman–Crippen MR) is 95.7 cm³/mol. The van der Waals surface area contributed by atoms with Crippen molar-refractivity contribution in [3.05, 3.63) is 12.2 Å². The fraction of sp³-hybridized carbons (Fsp3) is 0.900. The molecule has 0 aromatic rings. The van der Waals surface area contributed by atoms with E-state index in [0.717, 1.165) is 19.3 Å². The Labute approximate surface area is 134 Å². The number of aliphatic hydroxyl groups is 1. The van der Waals surface area contributed by atoms with Crippen LogP contribution in [0.2, 0.25) is 0 Å². The van der Waals surface area contributed by atoms with Crippen LogP contribution in [0.25, 0.3) is 0 Å². The molecule has 0 heterocycles. The van der Waals surface area contributed by atoms with Crippen LogP contribution in [0.4, 0.5) is 0 Å². The Bertz CT molecular complexity index is 210. The van der Waals surface area contributed by atoms with E-state index in [9.17, 15) is 5.11 Å². The van der Waals surface area contributed by atoms with Crippen LogP contribution in [0.15, 0.2) is 12.2 Å². The van der Waals surface area contributed by atoms with Gasteiger partial charge in [0.25, 0.3) is 0 Å². The summed E-state index contributed by atoms with van der Waals surface area (Å²) in [6.45, 7) is 4.45. The van der Waals surface area contributed by atoms with Crippen molar-refractivity contribution < 1.29 is 5.11 Å². The monoisotopic (exact) mass is 296 g/mol. The van der Waals surface area contributed by atoms with Gasteiger partial charge in [0, 0.05) is 0 Å². The highest BCUT2D eigenvalue weighted by Crippen LogP contribution is 2.14. The summed E-state index contributed by atoms with van der Waals surface area (Å²) in [5.41, 5.74) is 0. The van der Waals surface area contributed by atoms with E-state index in [1.165, 1.54) is 77.0 Å². The molecule has 0 radical (unpaired) electrons. The lowest BCUT2D eigenvalue weighted by Gasteiger charge is -2.10. The van der Waals surface area contributed by atoms with Crippen LogP contribution in [0, 0.1) is 0 Å². The number of hydrogen-bond acceptors (Lipinski definition) is 1. The van der Waals surface area contributed by atoms with Gasteiger partial charge >= 0.3 is 0 Å². The van der Waals surface area contributed by atoms with E-state index >= 15 is 0 Å². The minimum Gasteiger partial charge on any atom is -0.393 e. The average Bonchev–Trinajstić information content (AvgIpc) is 2.49. The second-order valence-electron chi connectivity index (χ2n) is 6.44. The molecule has 0 rings (SSSR count). The van der Waals surface area contributed by atoms with E-state index < -0.39 is 0 Å². The molecule has 1 atom stereocenters. The van der Waals surface area contributed by atoms with Gasteiger partial charge in [-0.05, 0) is 32.1 Å². The average molecular weight is 297 g/mol. The van der Waals surface area contributed by atoms with E-state index in [1.54, 1.807) is 0 Å². The highest BCUT2D eigenvalue weighted by Gasteiger charge is 2.03. The third-order valence-electron chi connectivity index (χ3n) is 4.20. The number of unbranched alkanes of at least 4 members (excludes halogenated alkanes) is 10. The Morgan fingerprint density at radius 3 is 1.76 bits per heavy atom. The van der Waals surface area contributed by atoms with Crippen LogP contribution in [0.5, 0.6) is 0 Å². The smallest absolute Gasteiger partial charge is 0.0540 e. The molecule has 1 heteroatoms. The molecular formula is C20H40O. The van der Waals surface area contributed by atoms with Gasteiger partial charge in [0.05, 0.1) is 6.10 Å². The molecule has 0 aromatic carbocycles. The Hall–Kier alpha value is -0.300. The number of allylic oxidation sites excluding steroid dienone is 2. The first-order chi connectivity index (χ1) is 10.3. The standard InChI is InChI=1S/C20H40O/c1-3-5-7-9-11-13-15-17-19-20(21)18-16-14-12-10-8-6-4-2/h5,7,20-21H,3-4,6,8-19H2,1-2H3. The molecule has 0 saturated carbocycles. The van der Waals surface area contributed by atoms with Crippen LogP contribution in [-0.2, 0) is 0 Å². The highest BCUT2D eigenvalue weighted by atomic mass is 16.3. The third kappa shape index (κ3) is 17.6. The molecule has 0 bridgehead atoms. The van der Waals surface area contributed by atoms with Crippen LogP contribution < -0.4 is 0 Å². The van der Waals surface area contributed by atoms with E-state index in [4.69, 9.17) is 0 Å². The van der Waals surface area contributed by atoms with Gasteiger partial charge in [0.2, 0.25) is 0 Å². The first-order valence-corrected chi connectivity index (χ1v) is 9.64. The van der Waals surface area contributed by atoms with Crippen molar-refractivity contribution in [2.75, 3.05) is 0 Å². The van der Waals surface area contributed by atoms with Gasteiger partial charge in [-0.2, -0.15) is 0 Å². The lowest BCUT2D eigenvalue weighted by atomic mass is 10.0. The minimum atomic E-state index is -0.0411. The molecule has 0 amide bonds. The quantitative estimate of drug-likeness (QED) is 0.245. The summed E-state index contributed by atoms with van der Waals surface area (Å²) in [7, 11) is 0. The van der Waals surface area contributed by atoms with E-state index in [1.807, 2.05) is 0 Å². The number of aliphatic hydroxyl groups excluding tert-OH is 1. The van der Waals surface area contributed by atoms with Crippen LogP contribution in [-0.4, -0.2) is 11.2 Å². The maximum atomic E-state index is 9.95. The van der Waals surface area contributed by atoms with Crippen molar-refractivity contribution in [2.45, 2.75) is 116 Å². The molecular weight excluding hydrogens is 256 g/mol. The summed E-state index contributed by atoms with van der Waals surface area (Å²) in [4.78, 5) is 0. The van der Waals surface area contributed by atoms with Gasteiger partial charge in [0.15, 0.2) is 0 Å². The molecule has 1 nitrogen and oxygen atoms in total. The predicted octanol–water partition coefficient (Wildman–Crippen LogP) is 6.79. The zero-order chi connectivity index (χ0) is 15.6. The second-order valence-corrected chi connectivity index (χ2v) is 6.44. The molecule has 126 valence electrons. The topological polar surface area (TPSA) is 20.2 Å². The molecule has 0 fully saturated rings. The van der Waals surface area contributed by atoms with E-state index in [-0.39, 0.29) is 6.10 Å². The summed E-state index contributed by atoms with van der Waals surface area (Å²) >= 11 is 0. The van der Waals surface area contributed by atoms with Crippen molar-refractivity contribution in [1.82, 2.24) is 0 Å². The SMILES string of the molecule is CCC=CCCCCCCC(O)CCCCCCCCC. The lowest BCUT2D eigenvalue weighted by Crippen LogP contribution is -2.05. The minimum absolute atomic E-state index is 0.0411. The van der Waals surface area contributed by atoms with Crippen LogP contribution in [0.1, 0.15) is 110 Å². The fourth-order valence-corrected chi connectivity index (χ4v) is 2.76. The van der Waals surface area contributed by atoms with Crippen molar-refractivity contribution >= 4 is 0 Å². The first kappa shape index (κ1) is 20.7. The maximum Gasteiger partial charge on any atom is 0.0540 e. The molecule has 1 unspecified atom stereocenters. The van der Waals surface area contributed by atoms with Crippen LogP contribution >= 0.6 is 0 Å². The summed E-state index contributed by atoms with van der Waals surface area (Å²) in [5.74, 6) is 0. The highest BCUT2D eigenvalue weighted by molar-refractivity contribution is 4.79. The molecule has 0 aliphatic heterocycles. The lowest BCUT2D eigenvalue weighted by molar-refractivity contribution is 0.147. The molecule has 1 N–H and O–H groups in total. The summed E-state index contributed by atoms with van der Waals surface area (Å²) in [6.07, 6.45) is 23.4. The molecule has 0 spiro atoms. The van der Waals surface area contributed by atoms with Crippen LogP contribution in [0.3, 0.4) is 0 Å². The fourth-order valence-electron chi connectivity index (χ4n) is 2.76. The Morgan fingerprint density at radius 2 is 1.19 bits per heavy atom. The van der Waals surface area contributed by atoms with Gasteiger partial charge in [-0.15, -0.1) is 0 Å². The van der Waals surface area contributed by atoms with E-state index in [2.05, 4.69) is 26.0 Å². The maximum absolute atomic E-state index is 9.95. The van der Waals surface area contributed by atoms with Crippen molar-refractivity contribution in [1.29, 1.82) is 0 Å². The number of rotatable bonds is 16. The van der Waals surface area contributed by atoms with Gasteiger partial charge in [0.1, 0.15) is 0 Å². The summed E-state index contributed by atoms with van der Waals surface area (Å²) in [6, 6.07) is 0. The second kappa shape index (κ2) is 17.8. The van der Waals surface area contributed by atoms with Gasteiger partial charge in [-0.25, -0.2) is 0 Å². The first-order valence-electron chi connectivity index (χ1n) is 9.64. The molecule has 0 saturated heterocycles. The van der Waals surface area contributed by atoms with Gasteiger partial charge in [-0.1, -0.05) is 90.2 Å². The molecule has 0 aliphatic rings. The van der Waals surface area contributed by atoms with Gasteiger partial charge in [-0.3, -0.25) is 0 Å². The van der Waals surface area contributed by atoms with Crippen molar-refractivity contribution in [3.63, 3.8) is 0 Å². The Balaban J connectivity index is 3.16.